The smallest absolute Gasteiger partial charge is 0.480 e. The first-order chi connectivity index (χ1) is 17.4. The summed E-state index contributed by atoms with van der Waals surface area (Å²) in [5.41, 5.74) is -0.359. The number of carbonyl (C=O) groups excluding carboxylic acids is 1. The predicted molar refractivity (Wildman–Crippen MR) is 132 cm³/mol. The zero-order valence-corrected chi connectivity index (χ0v) is 21.8. The second kappa shape index (κ2) is 10.3. The Labute approximate surface area is 225 Å². The van der Waals surface area contributed by atoms with E-state index in [0.29, 0.717) is 22.7 Å². The average molecular weight is 579 g/mol. The second-order valence-electron chi connectivity index (χ2n) is 10.2. The van der Waals surface area contributed by atoms with Crippen molar-refractivity contribution >= 4 is 46.7 Å². The number of benzene rings is 2. The molecule has 38 heavy (non-hydrogen) atoms. The molecule has 2 heterocycles. The average Bonchev–Trinajstić information content (AvgIpc) is 3.24. The van der Waals surface area contributed by atoms with Crippen LogP contribution in [0.25, 0.3) is 0 Å². The molecule has 7 nitrogen and oxygen atoms in total. The van der Waals surface area contributed by atoms with Gasteiger partial charge in [-0.1, -0.05) is 62.2 Å². The molecule has 2 aromatic carbocycles. The number of halogens is 6. The Balaban J connectivity index is 0.000000505. The summed E-state index contributed by atoms with van der Waals surface area (Å²) in [5.74, 6) is -6.02. The fourth-order valence-corrected chi connectivity index (χ4v) is 5.49. The highest BCUT2D eigenvalue weighted by atomic mass is 35.5. The maximum atomic E-state index is 15.3. The van der Waals surface area contributed by atoms with E-state index in [2.05, 4.69) is 10.6 Å². The molecule has 2 aliphatic heterocycles. The van der Waals surface area contributed by atoms with Gasteiger partial charge in [0.25, 0.3) is 0 Å². The van der Waals surface area contributed by atoms with Crippen LogP contribution in [-0.4, -0.2) is 46.3 Å². The highest BCUT2D eigenvalue weighted by Crippen LogP contribution is 2.57. The van der Waals surface area contributed by atoms with Gasteiger partial charge in [0.15, 0.2) is 0 Å². The molecule has 0 radical (unpaired) electrons. The van der Waals surface area contributed by atoms with E-state index in [1.165, 1.54) is 12.1 Å². The molecule has 1 amide bonds. The number of aliphatic carboxylic acids is 2. The van der Waals surface area contributed by atoms with Gasteiger partial charge in [-0.3, -0.25) is 14.9 Å². The van der Waals surface area contributed by atoms with Gasteiger partial charge >= 0.3 is 18.1 Å². The van der Waals surface area contributed by atoms with E-state index in [1.807, 2.05) is 20.8 Å². The number of rotatable bonds is 3. The quantitative estimate of drug-likeness (QED) is 0.352. The summed E-state index contributed by atoms with van der Waals surface area (Å²) in [7, 11) is 0. The van der Waals surface area contributed by atoms with Crippen LogP contribution in [0, 0.1) is 11.2 Å². The number of hydrogen-bond donors (Lipinski definition) is 4. The summed E-state index contributed by atoms with van der Waals surface area (Å²) in [4.78, 5) is 34.9. The van der Waals surface area contributed by atoms with E-state index in [1.54, 1.807) is 24.3 Å². The van der Waals surface area contributed by atoms with Gasteiger partial charge in [0, 0.05) is 22.7 Å². The van der Waals surface area contributed by atoms with Crippen molar-refractivity contribution in [2.24, 2.45) is 5.41 Å². The third-order valence-electron chi connectivity index (χ3n) is 6.45. The molecule has 0 saturated carbocycles. The summed E-state index contributed by atoms with van der Waals surface area (Å²) < 4.78 is 47.0. The zero-order valence-electron chi connectivity index (χ0n) is 20.3. The number of carboxylic acids is 2. The van der Waals surface area contributed by atoms with Gasteiger partial charge in [-0.25, -0.2) is 9.18 Å². The van der Waals surface area contributed by atoms with E-state index in [9.17, 15) is 27.9 Å². The predicted octanol–water partition coefficient (Wildman–Crippen LogP) is 5.60. The molecule has 0 aliphatic carbocycles. The van der Waals surface area contributed by atoms with Crippen LogP contribution in [0.3, 0.4) is 0 Å². The van der Waals surface area contributed by atoms with Gasteiger partial charge in [-0.2, -0.15) is 13.2 Å². The number of fused-ring (bicyclic) bond motifs is 2. The molecule has 2 aromatic rings. The molecule has 4 rings (SSSR count). The third-order valence-corrected chi connectivity index (χ3v) is 6.97. The lowest BCUT2D eigenvalue weighted by molar-refractivity contribution is -0.192. The van der Waals surface area contributed by atoms with Crippen molar-refractivity contribution in [3.63, 3.8) is 0 Å². The number of hydrogen-bond acceptors (Lipinski definition) is 4. The SMILES string of the molecule is CC(C)(C)C[C@H]1N[C@@H](C(=O)O)[C@@H](c2cccc(Cl)c2F)C12C(=O)Nc1cc(Cl)ccc12.O=C(O)C(F)(F)F. The number of amides is 1. The zero-order chi connectivity index (χ0) is 28.8. The van der Waals surface area contributed by atoms with Crippen molar-refractivity contribution in [1.82, 2.24) is 5.32 Å². The summed E-state index contributed by atoms with van der Waals surface area (Å²) in [6.07, 6.45) is -4.59. The van der Waals surface area contributed by atoms with Crippen LogP contribution in [0.15, 0.2) is 36.4 Å². The number of nitrogens with one attached hydrogen (secondary N) is 2. The maximum Gasteiger partial charge on any atom is 0.490 e. The summed E-state index contributed by atoms with van der Waals surface area (Å²) in [6, 6.07) is 7.76. The number of anilines is 1. The first-order valence-corrected chi connectivity index (χ1v) is 12.0. The Morgan fingerprint density at radius 1 is 1.08 bits per heavy atom. The van der Waals surface area contributed by atoms with E-state index in [0.717, 1.165) is 0 Å². The van der Waals surface area contributed by atoms with Crippen molar-refractivity contribution in [2.45, 2.75) is 56.8 Å². The Morgan fingerprint density at radius 2 is 1.68 bits per heavy atom. The standard InChI is InChI=1S/C23H23Cl2FN2O3.C2HF3O2/c1-22(2,3)10-16-23(13-8-7-11(24)9-15(13)27-21(23)31)17(19(28-16)20(29)30)12-5-4-6-14(25)18(12)26;3-2(4,5)1(6)7/h4-9,16-17,19,28H,10H2,1-3H3,(H,27,31)(H,29,30);(H,6,7)/t16-,17-,19-,23?;/m1./s1. The van der Waals surface area contributed by atoms with Gasteiger partial charge in [-0.15, -0.1) is 0 Å². The molecule has 206 valence electrons. The largest absolute Gasteiger partial charge is 0.490 e. The molecule has 1 saturated heterocycles. The molecule has 0 aromatic heterocycles. The van der Waals surface area contributed by atoms with Crippen molar-refractivity contribution < 1.29 is 42.2 Å². The highest BCUT2D eigenvalue weighted by molar-refractivity contribution is 6.31. The lowest BCUT2D eigenvalue weighted by Gasteiger charge is -2.37. The minimum Gasteiger partial charge on any atom is -0.480 e. The van der Waals surface area contributed by atoms with E-state index in [-0.39, 0.29) is 21.9 Å². The fraction of sp³-hybridized carbons (Fsp3) is 0.400. The van der Waals surface area contributed by atoms with Crippen LogP contribution < -0.4 is 10.6 Å². The first kappa shape index (κ1) is 29.7. The molecule has 1 fully saturated rings. The molecular formula is C25H24Cl2F4N2O5. The minimum atomic E-state index is -5.08. The molecule has 2 aliphatic rings. The van der Waals surface area contributed by atoms with Crippen molar-refractivity contribution in [1.29, 1.82) is 0 Å². The normalized spacial score (nSPS) is 24.4. The van der Waals surface area contributed by atoms with Crippen LogP contribution >= 0.6 is 23.2 Å². The van der Waals surface area contributed by atoms with Gasteiger partial charge in [0.05, 0.1) is 5.02 Å². The van der Waals surface area contributed by atoms with E-state index < -0.39 is 47.3 Å². The summed E-state index contributed by atoms with van der Waals surface area (Å²) >= 11 is 12.2. The van der Waals surface area contributed by atoms with Crippen LogP contribution in [0.5, 0.6) is 0 Å². The maximum absolute atomic E-state index is 15.3. The first-order valence-electron chi connectivity index (χ1n) is 11.3. The fourth-order valence-electron chi connectivity index (χ4n) is 5.14. The molecule has 1 spiro atoms. The number of carbonyl (C=O) groups is 3. The Morgan fingerprint density at radius 3 is 2.21 bits per heavy atom. The third kappa shape index (κ3) is 5.45. The molecule has 13 heteroatoms. The topological polar surface area (TPSA) is 116 Å². The van der Waals surface area contributed by atoms with Crippen LogP contribution in [0.4, 0.5) is 23.2 Å². The highest BCUT2D eigenvalue weighted by Gasteiger charge is 2.66. The Kier molecular flexibility index (Phi) is 8.08. The van der Waals surface area contributed by atoms with Gasteiger partial charge in [0.2, 0.25) is 5.91 Å². The minimum absolute atomic E-state index is 0.0989. The lowest BCUT2D eigenvalue weighted by atomic mass is 9.62. The Hall–Kier alpha value is -2.89. The van der Waals surface area contributed by atoms with Gasteiger partial charge in [0.1, 0.15) is 17.3 Å². The van der Waals surface area contributed by atoms with Gasteiger partial charge in [-0.05, 0) is 41.2 Å². The number of carboxylic acid groups (broad SMARTS) is 2. The molecule has 4 atom stereocenters. The molecule has 4 N–H and O–H groups in total. The molecular weight excluding hydrogens is 555 g/mol. The Bertz CT molecular complexity index is 1280. The van der Waals surface area contributed by atoms with Crippen LogP contribution in [-0.2, 0) is 19.8 Å². The van der Waals surface area contributed by atoms with Gasteiger partial charge < -0.3 is 15.5 Å². The van der Waals surface area contributed by atoms with E-state index >= 15 is 4.39 Å². The summed E-state index contributed by atoms with van der Waals surface area (Å²) in [6.45, 7) is 6.04. The molecule has 1 unspecified atom stereocenters. The van der Waals surface area contributed by atoms with Crippen molar-refractivity contribution in [3.8, 4) is 0 Å². The summed E-state index contributed by atoms with van der Waals surface area (Å²) in [5, 5.41) is 23.5. The lowest BCUT2D eigenvalue weighted by Crippen LogP contribution is -2.49. The number of alkyl halides is 3. The van der Waals surface area contributed by atoms with Crippen LogP contribution in [0.2, 0.25) is 10.0 Å². The van der Waals surface area contributed by atoms with Crippen molar-refractivity contribution in [2.75, 3.05) is 5.32 Å². The monoisotopic (exact) mass is 578 g/mol. The molecule has 0 bridgehead atoms. The van der Waals surface area contributed by atoms with Crippen LogP contribution in [0.1, 0.15) is 44.2 Å². The second-order valence-corrected chi connectivity index (χ2v) is 11.1. The van der Waals surface area contributed by atoms with Crippen molar-refractivity contribution in [3.05, 3.63) is 63.4 Å². The van der Waals surface area contributed by atoms with E-state index in [4.69, 9.17) is 33.1 Å².